The van der Waals surface area contributed by atoms with Gasteiger partial charge in [0.15, 0.2) is 5.78 Å². The first-order valence-electron chi connectivity index (χ1n) is 11.6. The van der Waals surface area contributed by atoms with Crippen LogP contribution in [0.5, 0.6) is 0 Å². The number of nitrogens with zero attached hydrogens (tertiary/aromatic N) is 1. The fourth-order valence-electron chi connectivity index (χ4n) is 10.1. The zero-order chi connectivity index (χ0) is 18.9. The molecule has 0 aromatic heterocycles. The van der Waals surface area contributed by atoms with Gasteiger partial charge in [-0.15, -0.1) is 0 Å². The maximum atomic E-state index is 12.1. The molecule has 0 radical (unpaired) electrons. The topological polar surface area (TPSA) is 40.9 Å². The number of hydrogen-bond donors (Lipinski definition) is 0. The summed E-state index contributed by atoms with van der Waals surface area (Å²) in [7, 11) is 0. The van der Waals surface area contributed by atoms with Gasteiger partial charge in [0.05, 0.1) is 11.5 Å². The third kappa shape index (κ3) is 1.65. The molecule has 5 fully saturated rings. The van der Waals surface area contributed by atoms with Gasteiger partial charge < -0.3 is 0 Å². The molecule has 0 saturated heterocycles. The minimum Gasteiger partial charge on any atom is -0.295 e. The Balaban J connectivity index is 1.47. The van der Waals surface area contributed by atoms with E-state index in [1.807, 2.05) is 0 Å². The van der Waals surface area contributed by atoms with E-state index in [2.05, 4.69) is 39.8 Å². The zero-order valence-corrected chi connectivity index (χ0v) is 17.2. The summed E-state index contributed by atoms with van der Waals surface area (Å²) in [5, 5.41) is 10.3. The molecule has 0 aromatic carbocycles. The van der Waals surface area contributed by atoms with Crippen LogP contribution in [0.1, 0.15) is 59.8 Å². The lowest BCUT2D eigenvalue weighted by atomic mass is 9.45. The van der Waals surface area contributed by atoms with Crippen molar-refractivity contribution in [1.82, 2.24) is 0 Å². The van der Waals surface area contributed by atoms with E-state index >= 15 is 0 Å². The monoisotopic (exact) mass is 363 g/mol. The number of rotatable bonds is 1. The molecule has 6 aliphatic carbocycles. The molecule has 12 atom stereocenters. The predicted octanol–water partition coefficient (Wildman–Crippen LogP) is 5.25. The van der Waals surface area contributed by atoms with Crippen molar-refractivity contribution in [2.45, 2.75) is 59.8 Å². The van der Waals surface area contributed by atoms with E-state index in [1.54, 1.807) is 5.57 Å². The van der Waals surface area contributed by atoms with Crippen LogP contribution < -0.4 is 0 Å². The van der Waals surface area contributed by atoms with Gasteiger partial charge in [0.2, 0.25) is 0 Å². The number of carbonyl (C=O) groups is 1. The lowest BCUT2D eigenvalue weighted by Gasteiger charge is -2.58. The van der Waals surface area contributed by atoms with Crippen molar-refractivity contribution in [3.8, 4) is 6.07 Å². The van der Waals surface area contributed by atoms with Crippen molar-refractivity contribution < 1.29 is 4.79 Å². The number of hydrogen-bond acceptors (Lipinski definition) is 2. The third-order valence-corrected chi connectivity index (χ3v) is 11.1. The summed E-state index contributed by atoms with van der Waals surface area (Å²) in [6.45, 7) is 9.58. The fourth-order valence-corrected chi connectivity index (χ4v) is 10.1. The van der Waals surface area contributed by atoms with E-state index in [9.17, 15) is 10.1 Å². The second kappa shape index (κ2) is 4.90. The molecule has 2 heteroatoms. The van der Waals surface area contributed by atoms with Crippen LogP contribution in [-0.2, 0) is 4.79 Å². The van der Waals surface area contributed by atoms with Gasteiger partial charge in [-0.3, -0.25) is 4.79 Å². The van der Waals surface area contributed by atoms with Crippen molar-refractivity contribution in [1.29, 1.82) is 5.26 Å². The predicted molar refractivity (Wildman–Crippen MR) is 104 cm³/mol. The smallest absolute Gasteiger partial charge is 0.155 e. The van der Waals surface area contributed by atoms with Crippen LogP contribution in [0.2, 0.25) is 0 Å². The molecule has 0 spiro atoms. The molecule has 0 aliphatic heterocycles. The summed E-state index contributed by atoms with van der Waals surface area (Å²) in [5.41, 5.74) is 1.69. The van der Waals surface area contributed by atoms with Crippen LogP contribution in [0.4, 0.5) is 0 Å². The minimum atomic E-state index is -0.117. The van der Waals surface area contributed by atoms with Crippen molar-refractivity contribution in [3.05, 3.63) is 11.6 Å². The highest BCUT2D eigenvalue weighted by atomic mass is 16.1. The molecule has 5 saturated carbocycles. The number of fused-ring (bicyclic) bond motifs is 10. The van der Waals surface area contributed by atoms with E-state index in [0.717, 1.165) is 54.3 Å². The maximum Gasteiger partial charge on any atom is 0.155 e. The molecule has 144 valence electrons. The molecule has 0 heterocycles. The SMILES string of the molecule is CC[C@]12CC[C@H]3[C@@H](C4C(C)C4C4=CC(=O)CC[C@@H]43)[C@@H]1C1C(C)C1[C@]2(C)C#N. The molecule has 6 aliphatic rings. The molecule has 2 nitrogen and oxygen atoms in total. The summed E-state index contributed by atoms with van der Waals surface area (Å²) in [6.07, 6.45) is 7.68. The number of carbonyl (C=O) groups excluding carboxylic acids is 1. The maximum absolute atomic E-state index is 12.1. The summed E-state index contributed by atoms with van der Waals surface area (Å²) in [4.78, 5) is 12.1. The quantitative estimate of drug-likeness (QED) is 0.638. The lowest BCUT2D eigenvalue weighted by Crippen LogP contribution is -2.53. The highest BCUT2D eigenvalue weighted by Gasteiger charge is 2.80. The van der Waals surface area contributed by atoms with Crippen LogP contribution in [-0.4, -0.2) is 5.78 Å². The van der Waals surface area contributed by atoms with Crippen LogP contribution in [0, 0.1) is 81.3 Å². The Morgan fingerprint density at radius 1 is 1.15 bits per heavy atom. The Morgan fingerprint density at radius 2 is 1.93 bits per heavy atom. The average Bonchev–Trinajstić information content (AvgIpc) is 3.51. The van der Waals surface area contributed by atoms with E-state index in [-0.39, 0.29) is 10.8 Å². The average molecular weight is 364 g/mol. The molecular formula is C25H33NO. The molecule has 6 unspecified atom stereocenters. The van der Waals surface area contributed by atoms with Crippen LogP contribution in [0.3, 0.4) is 0 Å². The highest BCUT2D eigenvalue weighted by Crippen LogP contribution is 2.84. The molecule has 0 amide bonds. The highest BCUT2D eigenvalue weighted by molar-refractivity contribution is 5.91. The van der Waals surface area contributed by atoms with Gasteiger partial charge in [-0.05, 0) is 103 Å². The Hall–Kier alpha value is -1.10. The van der Waals surface area contributed by atoms with Gasteiger partial charge in [0, 0.05) is 6.42 Å². The lowest BCUT2D eigenvalue weighted by molar-refractivity contribution is -0.116. The van der Waals surface area contributed by atoms with Crippen molar-refractivity contribution in [2.24, 2.45) is 70.0 Å². The molecule has 0 aromatic rings. The second-order valence-corrected chi connectivity index (χ2v) is 11.3. The minimum absolute atomic E-state index is 0.117. The van der Waals surface area contributed by atoms with E-state index in [0.29, 0.717) is 23.5 Å². The Morgan fingerprint density at radius 3 is 2.63 bits per heavy atom. The van der Waals surface area contributed by atoms with E-state index < -0.39 is 0 Å². The number of allylic oxidation sites excluding steroid dienone is 1. The Bertz CT molecular complexity index is 806. The Labute approximate surface area is 163 Å². The van der Waals surface area contributed by atoms with Gasteiger partial charge in [0.1, 0.15) is 0 Å². The van der Waals surface area contributed by atoms with Crippen LogP contribution in [0.25, 0.3) is 0 Å². The second-order valence-electron chi connectivity index (χ2n) is 11.3. The summed E-state index contributed by atoms with van der Waals surface area (Å²) in [5.74, 6) is 7.86. The zero-order valence-electron chi connectivity index (χ0n) is 17.2. The van der Waals surface area contributed by atoms with Gasteiger partial charge in [-0.1, -0.05) is 26.3 Å². The normalized spacial score (nSPS) is 62.2. The molecule has 0 bridgehead atoms. The van der Waals surface area contributed by atoms with Crippen LogP contribution in [0.15, 0.2) is 11.6 Å². The van der Waals surface area contributed by atoms with E-state index in [1.165, 1.54) is 19.3 Å². The first-order chi connectivity index (χ1) is 12.9. The molecule has 0 N–H and O–H groups in total. The van der Waals surface area contributed by atoms with Gasteiger partial charge >= 0.3 is 0 Å². The largest absolute Gasteiger partial charge is 0.295 e. The van der Waals surface area contributed by atoms with Gasteiger partial charge in [0.25, 0.3) is 0 Å². The van der Waals surface area contributed by atoms with Crippen molar-refractivity contribution in [3.63, 3.8) is 0 Å². The van der Waals surface area contributed by atoms with E-state index in [4.69, 9.17) is 0 Å². The standard InChI is InChI=1S/C25H33NO/c1-5-25-9-8-16-15-7-6-14(27)10-17(15)18-12(2)19(18)21(16)23(25)20-13(3)22(20)24(25,4)11-26/h10,12-13,15-16,18-23H,5-9H2,1-4H3/t12?,13?,15-,16-,18?,19?,20?,21+,22?,23+,24+,25+/m1/s1. The van der Waals surface area contributed by atoms with Gasteiger partial charge in [-0.2, -0.15) is 5.26 Å². The first kappa shape index (κ1) is 16.8. The summed E-state index contributed by atoms with van der Waals surface area (Å²) < 4.78 is 0. The Kier molecular flexibility index (Phi) is 3.05. The van der Waals surface area contributed by atoms with Crippen molar-refractivity contribution in [2.75, 3.05) is 0 Å². The summed E-state index contributed by atoms with van der Waals surface area (Å²) >= 11 is 0. The molecule has 27 heavy (non-hydrogen) atoms. The molecular weight excluding hydrogens is 330 g/mol. The van der Waals surface area contributed by atoms with Crippen molar-refractivity contribution >= 4 is 5.78 Å². The third-order valence-electron chi connectivity index (χ3n) is 11.1. The van der Waals surface area contributed by atoms with Crippen LogP contribution >= 0.6 is 0 Å². The fraction of sp³-hybridized carbons (Fsp3) is 0.840. The summed E-state index contributed by atoms with van der Waals surface area (Å²) in [6, 6.07) is 2.89. The van der Waals surface area contributed by atoms with Gasteiger partial charge in [-0.25, -0.2) is 0 Å². The number of nitriles is 1. The number of ketones is 1. The molecule has 6 rings (SSSR count). The first-order valence-corrected chi connectivity index (χ1v) is 11.6.